The molecule has 0 saturated carbocycles. The highest BCUT2D eigenvalue weighted by Crippen LogP contribution is 2.38. The highest BCUT2D eigenvalue weighted by Gasteiger charge is 2.21. The van der Waals surface area contributed by atoms with Crippen molar-refractivity contribution in [1.29, 1.82) is 0 Å². The Labute approximate surface area is 371 Å². The number of hydrogen-bond acceptors (Lipinski definition) is 9. The van der Waals surface area contributed by atoms with Crippen molar-refractivity contribution >= 4 is 19.8 Å². The molecule has 0 aliphatic heterocycles. The Bertz CT molecular complexity index is 1370. The van der Waals surface area contributed by atoms with Crippen LogP contribution >= 0.6 is 7.82 Å². The van der Waals surface area contributed by atoms with Gasteiger partial charge in [-0.15, -0.1) is 0 Å². The third kappa shape index (κ3) is 44.7. The number of hydrogen-bond donors (Lipinski definition) is 1. The Morgan fingerprint density at radius 2 is 1.05 bits per heavy atom. The number of quaternary nitrogens is 1. The molecule has 0 spiro atoms. The highest BCUT2D eigenvalue weighted by molar-refractivity contribution is 7.45. The lowest BCUT2D eigenvalue weighted by molar-refractivity contribution is -0.870. The van der Waals surface area contributed by atoms with E-state index in [9.17, 15) is 24.2 Å². The van der Waals surface area contributed by atoms with Gasteiger partial charge in [-0.05, 0) is 103 Å². The molecule has 1 unspecified atom stereocenters. The van der Waals surface area contributed by atoms with Crippen LogP contribution in [-0.2, 0) is 32.7 Å². The molecule has 0 aliphatic rings. The first-order valence-electron chi connectivity index (χ1n) is 23.0. The summed E-state index contributed by atoms with van der Waals surface area (Å²) in [6.07, 6.45) is 51.0. The molecule has 1 N–H and O–H groups in total. The number of phosphoric acid groups is 1. The van der Waals surface area contributed by atoms with Gasteiger partial charge in [-0.3, -0.25) is 14.2 Å². The minimum Gasteiger partial charge on any atom is -0.756 e. The van der Waals surface area contributed by atoms with E-state index in [1.807, 2.05) is 34.1 Å². The van der Waals surface area contributed by atoms with Crippen LogP contribution in [0.1, 0.15) is 149 Å². The average molecular weight is 874 g/mol. The lowest BCUT2D eigenvalue weighted by Crippen LogP contribution is -2.37. The first kappa shape index (κ1) is 57.9. The minimum atomic E-state index is -4.66. The van der Waals surface area contributed by atoms with Crippen LogP contribution in [0.5, 0.6) is 0 Å². The van der Waals surface area contributed by atoms with Gasteiger partial charge >= 0.3 is 11.9 Å². The van der Waals surface area contributed by atoms with Gasteiger partial charge in [0.05, 0.1) is 33.9 Å². The molecule has 0 aromatic carbocycles. The van der Waals surface area contributed by atoms with Crippen LogP contribution in [0.15, 0.2) is 97.2 Å². The lowest BCUT2D eigenvalue weighted by atomic mass is 10.1. The van der Waals surface area contributed by atoms with E-state index >= 15 is 0 Å². The fourth-order valence-electron chi connectivity index (χ4n) is 5.43. The van der Waals surface area contributed by atoms with Crippen LogP contribution in [0.4, 0.5) is 0 Å². The van der Waals surface area contributed by atoms with Crippen molar-refractivity contribution < 1.29 is 47.2 Å². The second-order valence-electron chi connectivity index (χ2n) is 16.2. The molecule has 10 nitrogen and oxygen atoms in total. The molecule has 0 amide bonds. The van der Waals surface area contributed by atoms with Crippen LogP contribution in [0, 0.1) is 0 Å². The topological polar surface area (TPSA) is 131 Å². The summed E-state index contributed by atoms with van der Waals surface area (Å²) >= 11 is 0. The third-order valence-electron chi connectivity index (χ3n) is 9.24. The van der Waals surface area contributed by atoms with E-state index in [1.165, 1.54) is 25.7 Å². The number of ether oxygens (including phenoxy) is 2. The number of esters is 2. The average Bonchev–Trinajstić information content (AvgIpc) is 3.21. The zero-order chi connectivity index (χ0) is 45.1. The van der Waals surface area contributed by atoms with Crippen molar-refractivity contribution in [3.63, 3.8) is 0 Å². The van der Waals surface area contributed by atoms with Gasteiger partial charge in [-0.25, -0.2) is 0 Å². The lowest BCUT2D eigenvalue weighted by Gasteiger charge is -2.28. The van der Waals surface area contributed by atoms with Crippen molar-refractivity contribution in [1.82, 2.24) is 0 Å². The molecule has 61 heavy (non-hydrogen) atoms. The summed E-state index contributed by atoms with van der Waals surface area (Å²) in [6, 6.07) is 0. The summed E-state index contributed by atoms with van der Waals surface area (Å²) in [5, 5.41) is 9.57. The standard InChI is InChI=1S/C50H84NO9P/c1-6-8-9-10-11-12-13-14-15-16-17-18-19-24-27-30-33-36-39-42-50(54)60-48(46-59-61(55,56)58-44-43-51(3,4)5)45-57-49(53)41-38-35-32-29-26-23-21-20-22-25-28-31-34-37-40-47(52)7-2/h11-12,14-15,17-18,21-25,27,29,31-32,34,47-48,52H,6-10,13,16,19-20,26,28,30,33,35-46H2,1-5H3/b12-11-,15-14-,18-17-,23-21-,25-22-,27-24-,32-29-,34-31-/t47-,48+/m0/s1. The smallest absolute Gasteiger partial charge is 0.306 e. The molecular weight excluding hydrogens is 790 g/mol. The predicted molar refractivity (Wildman–Crippen MR) is 251 cm³/mol. The zero-order valence-corrected chi connectivity index (χ0v) is 39.6. The minimum absolute atomic E-state index is 0.0573. The maximum absolute atomic E-state index is 12.7. The van der Waals surface area contributed by atoms with Gasteiger partial charge in [0, 0.05) is 12.8 Å². The molecule has 0 rings (SSSR count). The van der Waals surface area contributed by atoms with Crippen molar-refractivity contribution in [2.24, 2.45) is 0 Å². The molecule has 0 radical (unpaired) electrons. The zero-order valence-electron chi connectivity index (χ0n) is 38.7. The number of likely N-dealkylation sites (N-methyl/N-ethyl adjacent to an activating group) is 1. The van der Waals surface area contributed by atoms with Crippen molar-refractivity contribution in [2.45, 2.75) is 161 Å². The number of nitrogens with zero attached hydrogens (tertiary/aromatic N) is 1. The number of phosphoric ester groups is 1. The third-order valence-corrected chi connectivity index (χ3v) is 10.2. The van der Waals surface area contributed by atoms with E-state index in [4.69, 9.17) is 18.5 Å². The fraction of sp³-hybridized carbons (Fsp3) is 0.640. The van der Waals surface area contributed by atoms with E-state index in [2.05, 4.69) is 98.1 Å². The van der Waals surface area contributed by atoms with E-state index in [1.54, 1.807) is 0 Å². The van der Waals surface area contributed by atoms with Crippen LogP contribution in [0.25, 0.3) is 0 Å². The number of aliphatic hydroxyl groups is 1. The Balaban J connectivity index is 4.53. The summed E-state index contributed by atoms with van der Waals surface area (Å²) in [5.41, 5.74) is 0. The van der Waals surface area contributed by atoms with Crippen molar-refractivity contribution in [3.8, 4) is 0 Å². The van der Waals surface area contributed by atoms with E-state index in [-0.39, 0.29) is 32.2 Å². The molecule has 0 aromatic heterocycles. The molecule has 0 heterocycles. The second kappa shape index (κ2) is 40.9. The first-order chi connectivity index (χ1) is 29.4. The van der Waals surface area contributed by atoms with Crippen LogP contribution in [0.3, 0.4) is 0 Å². The number of allylic oxidation sites excluding steroid dienone is 16. The molecule has 3 atom stereocenters. The van der Waals surface area contributed by atoms with E-state index in [0.717, 1.165) is 77.0 Å². The molecule has 348 valence electrons. The Morgan fingerprint density at radius 1 is 0.590 bits per heavy atom. The van der Waals surface area contributed by atoms with Crippen LogP contribution in [0.2, 0.25) is 0 Å². The van der Waals surface area contributed by atoms with Gasteiger partial charge in [-0.2, -0.15) is 0 Å². The summed E-state index contributed by atoms with van der Waals surface area (Å²) < 4.78 is 33.8. The SMILES string of the molecule is CCCCC/C=C\C/C=C\C/C=C\C/C=C\CCCCCC(=O)O[C@H](COC(=O)CCC/C=C\C/C=C\C/C=C\C/C=C\CC[C@@H](O)CC)COP(=O)([O-])OCC[N+](C)(C)C. The predicted octanol–water partition coefficient (Wildman–Crippen LogP) is 11.7. The summed E-state index contributed by atoms with van der Waals surface area (Å²) in [4.78, 5) is 37.6. The summed E-state index contributed by atoms with van der Waals surface area (Å²) in [7, 11) is 1.08. The van der Waals surface area contributed by atoms with Gasteiger partial charge in [0.1, 0.15) is 19.8 Å². The van der Waals surface area contributed by atoms with Gasteiger partial charge in [0.25, 0.3) is 7.82 Å². The van der Waals surface area contributed by atoms with Gasteiger partial charge in [0.15, 0.2) is 6.10 Å². The van der Waals surface area contributed by atoms with Crippen LogP contribution < -0.4 is 4.89 Å². The maximum atomic E-state index is 12.7. The monoisotopic (exact) mass is 874 g/mol. The molecule has 0 aromatic rings. The van der Waals surface area contributed by atoms with E-state index in [0.29, 0.717) is 30.3 Å². The van der Waals surface area contributed by atoms with E-state index < -0.39 is 32.5 Å². The fourth-order valence-corrected chi connectivity index (χ4v) is 6.16. The Hall–Kier alpha value is -3.11. The normalized spacial score (nSPS) is 14.9. The highest BCUT2D eigenvalue weighted by atomic mass is 31.2. The summed E-state index contributed by atoms with van der Waals surface area (Å²) in [5.74, 6) is -0.965. The number of carbonyl (C=O) groups is 2. The second-order valence-corrected chi connectivity index (χ2v) is 17.6. The van der Waals surface area contributed by atoms with Crippen LogP contribution in [-0.4, -0.2) is 81.2 Å². The largest absolute Gasteiger partial charge is 0.756 e. The van der Waals surface area contributed by atoms with Gasteiger partial charge in [0.2, 0.25) is 0 Å². The Kier molecular flexibility index (Phi) is 38.8. The van der Waals surface area contributed by atoms with Crippen molar-refractivity contribution in [2.75, 3.05) is 47.5 Å². The molecule has 0 bridgehead atoms. The molecule has 11 heteroatoms. The number of rotatable bonds is 40. The quantitative estimate of drug-likeness (QED) is 0.0210. The number of aliphatic hydroxyl groups excluding tert-OH is 1. The Morgan fingerprint density at radius 3 is 1.54 bits per heavy atom. The van der Waals surface area contributed by atoms with Gasteiger partial charge < -0.3 is 33.0 Å². The summed E-state index contributed by atoms with van der Waals surface area (Å²) in [6.45, 7) is 3.78. The molecular formula is C50H84NO9P. The van der Waals surface area contributed by atoms with Gasteiger partial charge in [-0.1, -0.05) is 130 Å². The molecule has 0 aliphatic carbocycles. The number of carbonyl (C=O) groups excluding carboxylic acids is 2. The maximum Gasteiger partial charge on any atom is 0.306 e. The van der Waals surface area contributed by atoms with Crippen molar-refractivity contribution in [3.05, 3.63) is 97.2 Å². The molecule has 0 fully saturated rings. The molecule has 0 saturated heterocycles. The number of unbranched alkanes of at least 4 members (excludes halogenated alkanes) is 7. The first-order valence-corrected chi connectivity index (χ1v) is 24.5.